The molecule has 0 spiro atoms. The SMILES string of the molecule is CC1=C(c2nc(-c3ccc4c(c3)OCO4)no2)C(c2ccccc2)NC(=S)N1c1ccccc1. The van der Waals surface area contributed by atoms with Crippen LogP contribution in [-0.2, 0) is 0 Å². The summed E-state index contributed by atoms with van der Waals surface area (Å²) in [4.78, 5) is 6.76. The third-order valence-corrected chi connectivity index (χ3v) is 6.22. The summed E-state index contributed by atoms with van der Waals surface area (Å²) in [5, 5.41) is 8.36. The van der Waals surface area contributed by atoms with Gasteiger partial charge in [-0.25, -0.2) is 0 Å². The number of anilines is 1. The lowest BCUT2D eigenvalue weighted by molar-refractivity contribution is 0.174. The van der Waals surface area contributed by atoms with E-state index in [0.717, 1.165) is 28.1 Å². The first-order valence-corrected chi connectivity index (χ1v) is 11.3. The number of thiocarbonyl (C=S) groups is 1. The molecule has 3 heterocycles. The first kappa shape index (κ1) is 20.4. The highest BCUT2D eigenvalue weighted by molar-refractivity contribution is 7.80. The van der Waals surface area contributed by atoms with Crippen molar-refractivity contribution in [3.8, 4) is 22.9 Å². The summed E-state index contributed by atoms with van der Waals surface area (Å²) < 4.78 is 16.7. The molecule has 1 N–H and O–H groups in total. The van der Waals surface area contributed by atoms with E-state index in [1.165, 1.54) is 0 Å². The molecule has 0 fully saturated rings. The molecule has 2 aliphatic heterocycles. The van der Waals surface area contributed by atoms with E-state index in [0.29, 0.717) is 28.3 Å². The third-order valence-electron chi connectivity index (χ3n) is 5.92. The molecule has 0 amide bonds. The van der Waals surface area contributed by atoms with Crippen molar-refractivity contribution in [2.75, 3.05) is 11.7 Å². The Morgan fingerprint density at radius 3 is 2.47 bits per heavy atom. The average Bonchev–Trinajstić information content (AvgIpc) is 3.54. The molecule has 0 saturated carbocycles. The second kappa shape index (κ2) is 8.31. The van der Waals surface area contributed by atoms with E-state index in [1.54, 1.807) is 0 Å². The van der Waals surface area contributed by atoms with Gasteiger partial charge in [0.25, 0.3) is 5.89 Å². The van der Waals surface area contributed by atoms with Gasteiger partial charge in [0, 0.05) is 16.9 Å². The van der Waals surface area contributed by atoms with Crippen molar-refractivity contribution in [1.82, 2.24) is 15.5 Å². The number of nitrogens with one attached hydrogen (secondary N) is 1. The first-order valence-electron chi connectivity index (χ1n) is 10.8. The van der Waals surface area contributed by atoms with E-state index in [4.69, 9.17) is 31.2 Å². The highest BCUT2D eigenvalue weighted by atomic mass is 32.1. The third kappa shape index (κ3) is 3.48. The van der Waals surface area contributed by atoms with E-state index in [-0.39, 0.29) is 12.8 Å². The summed E-state index contributed by atoms with van der Waals surface area (Å²) in [6, 6.07) is 25.5. The summed E-state index contributed by atoms with van der Waals surface area (Å²) in [7, 11) is 0. The molecule has 2 aliphatic rings. The molecule has 8 heteroatoms. The van der Waals surface area contributed by atoms with Crippen molar-refractivity contribution in [2.45, 2.75) is 13.0 Å². The monoisotopic (exact) mass is 468 g/mol. The minimum atomic E-state index is -0.237. The van der Waals surface area contributed by atoms with Crippen LogP contribution in [0.25, 0.3) is 17.0 Å². The van der Waals surface area contributed by atoms with Crippen LogP contribution in [0.2, 0.25) is 0 Å². The maximum Gasteiger partial charge on any atom is 0.258 e. The first-order chi connectivity index (χ1) is 16.7. The van der Waals surface area contributed by atoms with Gasteiger partial charge < -0.3 is 19.3 Å². The van der Waals surface area contributed by atoms with Crippen LogP contribution >= 0.6 is 12.2 Å². The predicted octanol–water partition coefficient (Wildman–Crippen LogP) is 5.33. The Labute approximate surface area is 201 Å². The Morgan fingerprint density at radius 1 is 0.941 bits per heavy atom. The molecule has 7 nitrogen and oxygen atoms in total. The average molecular weight is 469 g/mol. The molecule has 1 unspecified atom stereocenters. The fourth-order valence-corrected chi connectivity index (χ4v) is 4.65. The fourth-order valence-electron chi connectivity index (χ4n) is 4.29. The molecule has 3 aromatic carbocycles. The molecule has 0 saturated heterocycles. The lowest BCUT2D eigenvalue weighted by atomic mass is 9.94. The second-order valence-electron chi connectivity index (χ2n) is 7.95. The maximum atomic E-state index is 5.82. The van der Waals surface area contributed by atoms with Gasteiger partial charge in [-0.3, -0.25) is 4.90 Å². The zero-order chi connectivity index (χ0) is 23.1. The maximum absolute atomic E-state index is 5.82. The fraction of sp³-hybridized carbons (Fsp3) is 0.115. The summed E-state index contributed by atoms with van der Waals surface area (Å²) in [6.07, 6.45) is 0. The van der Waals surface area contributed by atoms with Crippen LogP contribution in [0.15, 0.2) is 89.1 Å². The molecule has 4 aromatic rings. The number of para-hydroxylation sites is 1. The van der Waals surface area contributed by atoms with Gasteiger partial charge in [0.1, 0.15) is 0 Å². The van der Waals surface area contributed by atoms with E-state index >= 15 is 0 Å². The Hall–Kier alpha value is -4.17. The molecule has 0 bridgehead atoms. The van der Waals surface area contributed by atoms with Crippen molar-refractivity contribution in [3.05, 3.63) is 96.0 Å². The van der Waals surface area contributed by atoms with Gasteiger partial charge in [0.15, 0.2) is 16.6 Å². The molecular formula is C26H20N4O3S. The highest BCUT2D eigenvalue weighted by Gasteiger charge is 2.34. The number of ether oxygens (including phenoxy) is 2. The Kier molecular flexibility index (Phi) is 5.00. The molecule has 0 radical (unpaired) electrons. The lowest BCUT2D eigenvalue weighted by Crippen LogP contribution is -2.46. The molecule has 1 atom stereocenters. The summed E-state index contributed by atoms with van der Waals surface area (Å²) >= 11 is 5.78. The zero-order valence-electron chi connectivity index (χ0n) is 18.3. The molecule has 0 aliphatic carbocycles. The number of hydrogen-bond donors (Lipinski definition) is 1. The standard InChI is InChI=1S/C26H20N4O3S/c1-16-22(25-28-24(29-33-25)18-12-13-20-21(14-18)32-15-31-20)23(17-8-4-2-5-9-17)27-26(34)30(16)19-10-6-3-7-11-19/h2-14,23H,15H2,1H3,(H,27,34). The van der Waals surface area contributed by atoms with Gasteiger partial charge in [-0.1, -0.05) is 53.7 Å². The molecule has 1 aromatic heterocycles. The van der Waals surface area contributed by atoms with Crippen LogP contribution in [0.3, 0.4) is 0 Å². The van der Waals surface area contributed by atoms with Gasteiger partial charge in [0.2, 0.25) is 12.6 Å². The minimum Gasteiger partial charge on any atom is -0.454 e. The molecule has 6 rings (SSSR count). The smallest absolute Gasteiger partial charge is 0.258 e. The van der Waals surface area contributed by atoms with Crippen LogP contribution in [0, 0.1) is 0 Å². The van der Waals surface area contributed by atoms with Crippen LogP contribution < -0.4 is 19.7 Å². The zero-order valence-corrected chi connectivity index (χ0v) is 19.1. The van der Waals surface area contributed by atoms with Gasteiger partial charge in [-0.2, -0.15) is 4.98 Å². The van der Waals surface area contributed by atoms with Crippen LogP contribution in [0.5, 0.6) is 11.5 Å². The second-order valence-corrected chi connectivity index (χ2v) is 8.34. The van der Waals surface area contributed by atoms with Gasteiger partial charge in [0.05, 0.1) is 11.6 Å². The van der Waals surface area contributed by atoms with Crippen LogP contribution in [-0.4, -0.2) is 22.0 Å². The number of rotatable bonds is 4. The van der Waals surface area contributed by atoms with E-state index in [1.807, 2.05) is 78.6 Å². The van der Waals surface area contributed by atoms with Crippen molar-refractivity contribution in [1.29, 1.82) is 0 Å². The van der Waals surface area contributed by atoms with Gasteiger partial charge >= 0.3 is 0 Å². The Morgan fingerprint density at radius 2 is 1.68 bits per heavy atom. The number of nitrogens with zero attached hydrogens (tertiary/aromatic N) is 3. The van der Waals surface area contributed by atoms with Gasteiger partial charge in [-0.15, -0.1) is 0 Å². The number of hydrogen-bond acceptors (Lipinski definition) is 6. The predicted molar refractivity (Wildman–Crippen MR) is 132 cm³/mol. The Balaban J connectivity index is 1.47. The summed E-state index contributed by atoms with van der Waals surface area (Å²) in [5.41, 5.74) is 4.58. The number of benzene rings is 3. The van der Waals surface area contributed by atoms with E-state index in [2.05, 4.69) is 22.6 Å². The van der Waals surface area contributed by atoms with Gasteiger partial charge in [-0.05, 0) is 55.0 Å². The normalized spacial score (nSPS) is 17.1. The van der Waals surface area contributed by atoms with Crippen molar-refractivity contribution in [3.63, 3.8) is 0 Å². The van der Waals surface area contributed by atoms with Crippen molar-refractivity contribution in [2.24, 2.45) is 0 Å². The largest absolute Gasteiger partial charge is 0.454 e. The van der Waals surface area contributed by atoms with E-state index < -0.39 is 0 Å². The van der Waals surface area contributed by atoms with Crippen LogP contribution in [0.1, 0.15) is 24.4 Å². The van der Waals surface area contributed by atoms with Crippen LogP contribution in [0.4, 0.5) is 5.69 Å². The van der Waals surface area contributed by atoms with E-state index in [9.17, 15) is 0 Å². The number of allylic oxidation sites excluding steroid dienone is 1. The summed E-state index contributed by atoms with van der Waals surface area (Å²) in [6.45, 7) is 2.23. The molecule has 34 heavy (non-hydrogen) atoms. The van der Waals surface area contributed by atoms with Crippen molar-refractivity contribution >= 4 is 28.6 Å². The molecule has 168 valence electrons. The lowest BCUT2D eigenvalue weighted by Gasteiger charge is -2.37. The molecular weight excluding hydrogens is 448 g/mol. The number of fused-ring (bicyclic) bond motifs is 1. The number of aromatic nitrogens is 2. The quantitative estimate of drug-likeness (QED) is 0.403. The minimum absolute atomic E-state index is 0.210. The topological polar surface area (TPSA) is 72.6 Å². The highest BCUT2D eigenvalue weighted by Crippen LogP contribution is 2.40. The Bertz CT molecular complexity index is 1400. The summed E-state index contributed by atoms with van der Waals surface area (Å²) in [5.74, 6) is 2.27. The van der Waals surface area contributed by atoms with Crippen molar-refractivity contribution < 1.29 is 14.0 Å².